The van der Waals surface area contributed by atoms with Gasteiger partial charge in [0.05, 0.1) is 33.9 Å². The lowest BCUT2D eigenvalue weighted by molar-refractivity contribution is -0.870. The quantitative estimate of drug-likeness (QED) is 0.0159. The maximum Gasteiger partial charge on any atom is 0.306 e. The van der Waals surface area contributed by atoms with Crippen LogP contribution in [0.5, 0.6) is 0 Å². The van der Waals surface area contributed by atoms with E-state index in [0.29, 0.717) is 30.3 Å². The normalized spacial score (nSPS) is 14.7. The molecule has 0 fully saturated rings. The molecule has 0 bridgehead atoms. The van der Waals surface area contributed by atoms with Crippen LogP contribution in [-0.2, 0) is 32.7 Å². The number of quaternary nitrogens is 1. The fraction of sp³-hybridized carbons (Fsp3) is 0.720. The number of aliphatic hydroxyl groups excluding tert-OH is 1. The fourth-order valence-corrected chi connectivity index (χ4v) is 6.75. The van der Waals surface area contributed by atoms with Gasteiger partial charge < -0.3 is 33.0 Å². The van der Waals surface area contributed by atoms with Crippen LogP contribution in [0.25, 0.3) is 0 Å². The summed E-state index contributed by atoms with van der Waals surface area (Å²) in [5.41, 5.74) is 0. The van der Waals surface area contributed by atoms with Crippen LogP contribution < -0.4 is 4.89 Å². The number of unbranched alkanes of at least 4 members (excludes halogenated alkanes) is 15. The number of phosphoric ester groups is 1. The van der Waals surface area contributed by atoms with Crippen molar-refractivity contribution in [3.63, 3.8) is 0 Å². The second kappa shape index (κ2) is 41.4. The van der Waals surface area contributed by atoms with Crippen molar-refractivity contribution in [2.75, 3.05) is 47.5 Å². The van der Waals surface area contributed by atoms with Gasteiger partial charge >= 0.3 is 11.9 Å². The minimum Gasteiger partial charge on any atom is -0.756 e. The second-order valence-electron chi connectivity index (χ2n) is 17.0. The van der Waals surface area contributed by atoms with Crippen molar-refractivity contribution >= 4 is 19.8 Å². The number of esters is 2. The van der Waals surface area contributed by atoms with Gasteiger partial charge in [-0.2, -0.15) is 0 Å². The standard InChI is InChI=1S/C50H88NO9P/c1-6-8-10-12-14-16-18-20-21-22-23-24-25-27-29-31-33-35-37-41-49(53)57-45-48(46-59-61(55,56)58-44-43-51(3,4)5)60-50(54)42-38-40-47(52)39-36-34-32-30-28-26-19-17-15-13-11-9-7-2/h14-17,20-21,26,28,32,34,36,39,47-48,52H,6-13,18-19,22-25,27,29-31,33,35,37-38,40-46H2,1-5H3/b16-14-,17-15-,21-20-,28-26-,34-32-,39-36+/t47-,48+/m0/s1. The van der Waals surface area contributed by atoms with Gasteiger partial charge in [0.1, 0.15) is 19.8 Å². The van der Waals surface area contributed by atoms with E-state index in [0.717, 1.165) is 51.4 Å². The Labute approximate surface area is 372 Å². The van der Waals surface area contributed by atoms with Gasteiger partial charge in [-0.1, -0.05) is 157 Å². The van der Waals surface area contributed by atoms with Crippen LogP contribution in [0.2, 0.25) is 0 Å². The predicted octanol–water partition coefficient (Wildman–Crippen LogP) is 12.1. The van der Waals surface area contributed by atoms with Crippen molar-refractivity contribution in [3.05, 3.63) is 72.9 Å². The van der Waals surface area contributed by atoms with Crippen LogP contribution in [0.3, 0.4) is 0 Å². The van der Waals surface area contributed by atoms with Gasteiger partial charge in [-0.3, -0.25) is 14.2 Å². The summed E-state index contributed by atoms with van der Waals surface area (Å²) in [5, 5.41) is 10.3. The molecule has 0 aliphatic carbocycles. The molecule has 352 valence electrons. The minimum absolute atomic E-state index is 0.00717. The van der Waals surface area contributed by atoms with Crippen LogP contribution >= 0.6 is 7.82 Å². The van der Waals surface area contributed by atoms with E-state index in [1.165, 1.54) is 77.0 Å². The molecule has 61 heavy (non-hydrogen) atoms. The van der Waals surface area contributed by atoms with Gasteiger partial charge in [-0.25, -0.2) is 0 Å². The molecule has 0 amide bonds. The van der Waals surface area contributed by atoms with Gasteiger partial charge in [0.15, 0.2) is 6.10 Å². The number of carbonyl (C=O) groups excluding carboxylic acids is 2. The molecule has 0 aromatic carbocycles. The van der Waals surface area contributed by atoms with E-state index >= 15 is 0 Å². The molecule has 0 saturated carbocycles. The van der Waals surface area contributed by atoms with Crippen LogP contribution in [0.15, 0.2) is 72.9 Å². The average Bonchev–Trinajstić information content (AvgIpc) is 3.21. The SMILES string of the molecule is CCCCC/C=C\C/C=C\C/C=C\C=C\[C@H](O)CCCC(=O)O[C@H](COC(=O)CCCCCCCCCCC/C=C\C/C=C\CCCCC)COP(=O)([O-])OCC[N+](C)(C)C. The van der Waals surface area contributed by atoms with E-state index < -0.39 is 38.6 Å². The summed E-state index contributed by atoms with van der Waals surface area (Å²) in [7, 11) is 1.04. The van der Waals surface area contributed by atoms with Crippen LogP contribution in [0.4, 0.5) is 0 Å². The summed E-state index contributed by atoms with van der Waals surface area (Å²) in [5.74, 6) is -1.05. The Bertz CT molecular complexity index is 1280. The molecule has 0 aromatic rings. The van der Waals surface area contributed by atoms with Crippen molar-refractivity contribution in [3.8, 4) is 0 Å². The molecule has 1 N–H and O–H groups in total. The number of allylic oxidation sites excluding steroid dienone is 11. The Hall–Kier alpha value is -2.59. The van der Waals surface area contributed by atoms with Crippen LogP contribution in [0.1, 0.15) is 174 Å². The third-order valence-corrected chi connectivity index (χ3v) is 10.8. The van der Waals surface area contributed by atoms with Crippen molar-refractivity contribution in [2.24, 2.45) is 0 Å². The third-order valence-electron chi connectivity index (χ3n) is 9.80. The lowest BCUT2D eigenvalue weighted by Crippen LogP contribution is -2.37. The lowest BCUT2D eigenvalue weighted by Gasteiger charge is -2.28. The molecule has 0 aromatic heterocycles. The Kier molecular flexibility index (Phi) is 39.7. The van der Waals surface area contributed by atoms with Gasteiger partial charge in [0.2, 0.25) is 0 Å². The number of ether oxygens (including phenoxy) is 2. The third kappa shape index (κ3) is 45.3. The van der Waals surface area contributed by atoms with E-state index in [1.54, 1.807) is 12.2 Å². The first-order valence-corrected chi connectivity index (χ1v) is 25.2. The second-order valence-corrected chi connectivity index (χ2v) is 18.4. The molecule has 11 heteroatoms. The highest BCUT2D eigenvalue weighted by Crippen LogP contribution is 2.38. The van der Waals surface area contributed by atoms with Gasteiger partial charge in [0.25, 0.3) is 7.82 Å². The molecule has 10 nitrogen and oxygen atoms in total. The summed E-state index contributed by atoms with van der Waals surface area (Å²) in [4.78, 5) is 37.6. The van der Waals surface area contributed by atoms with Crippen molar-refractivity contribution in [1.29, 1.82) is 0 Å². The molecule has 1 unspecified atom stereocenters. The monoisotopic (exact) mass is 878 g/mol. The van der Waals surface area contributed by atoms with E-state index in [-0.39, 0.29) is 26.1 Å². The smallest absolute Gasteiger partial charge is 0.306 e. The number of likely N-dealkylation sites (N-methyl/N-ethyl adjacent to an activating group) is 1. The summed E-state index contributed by atoms with van der Waals surface area (Å²) >= 11 is 0. The molecule has 0 aliphatic rings. The van der Waals surface area contributed by atoms with E-state index in [9.17, 15) is 24.2 Å². The summed E-state index contributed by atoms with van der Waals surface area (Å²) < 4.78 is 33.8. The number of aliphatic hydroxyl groups is 1. The molecule has 0 spiro atoms. The number of carbonyl (C=O) groups is 2. The largest absolute Gasteiger partial charge is 0.756 e. The molecule has 0 rings (SSSR count). The molecular weight excluding hydrogens is 790 g/mol. The molecule has 0 aliphatic heterocycles. The molecular formula is C50H88NO9P. The predicted molar refractivity (Wildman–Crippen MR) is 251 cm³/mol. The molecule has 0 radical (unpaired) electrons. The average molecular weight is 878 g/mol. The van der Waals surface area contributed by atoms with Gasteiger partial charge in [0, 0.05) is 12.8 Å². The van der Waals surface area contributed by atoms with E-state index in [2.05, 4.69) is 62.5 Å². The highest BCUT2D eigenvalue weighted by molar-refractivity contribution is 7.45. The highest BCUT2D eigenvalue weighted by atomic mass is 31.2. The lowest BCUT2D eigenvalue weighted by atomic mass is 10.1. The number of hydrogen-bond acceptors (Lipinski definition) is 9. The van der Waals surface area contributed by atoms with Crippen molar-refractivity contribution in [2.45, 2.75) is 187 Å². The van der Waals surface area contributed by atoms with Crippen molar-refractivity contribution < 1.29 is 47.2 Å². The number of phosphoric acid groups is 1. The maximum atomic E-state index is 12.7. The van der Waals surface area contributed by atoms with Crippen molar-refractivity contribution in [1.82, 2.24) is 0 Å². The summed E-state index contributed by atoms with van der Waals surface area (Å²) in [6, 6.07) is 0. The Morgan fingerprint density at radius 2 is 1.10 bits per heavy atom. The van der Waals surface area contributed by atoms with E-state index in [1.807, 2.05) is 33.3 Å². The first kappa shape index (κ1) is 58.4. The molecule has 0 saturated heterocycles. The van der Waals surface area contributed by atoms with Gasteiger partial charge in [-0.05, 0) is 77.0 Å². The van der Waals surface area contributed by atoms with Crippen LogP contribution in [-0.4, -0.2) is 81.2 Å². The number of nitrogens with zero attached hydrogens (tertiary/aromatic N) is 1. The molecule has 0 heterocycles. The number of rotatable bonds is 42. The minimum atomic E-state index is -4.69. The maximum absolute atomic E-state index is 12.7. The fourth-order valence-electron chi connectivity index (χ4n) is 6.02. The summed E-state index contributed by atoms with van der Waals surface area (Å²) in [6.45, 7) is 3.94. The zero-order chi connectivity index (χ0) is 45.1. The van der Waals surface area contributed by atoms with E-state index in [4.69, 9.17) is 18.5 Å². The molecule has 3 atom stereocenters. The Balaban J connectivity index is 4.50. The zero-order valence-corrected chi connectivity index (χ0v) is 40.1. The summed E-state index contributed by atoms with van der Waals surface area (Å²) in [6.07, 6.45) is 48.1. The highest BCUT2D eigenvalue weighted by Gasteiger charge is 2.22. The first-order valence-electron chi connectivity index (χ1n) is 23.8. The topological polar surface area (TPSA) is 131 Å². The Morgan fingerprint density at radius 3 is 1.66 bits per heavy atom. The zero-order valence-electron chi connectivity index (χ0n) is 39.2. The first-order chi connectivity index (χ1) is 29.4. The van der Waals surface area contributed by atoms with Gasteiger partial charge in [-0.15, -0.1) is 0 Å². The van der Waals surface area contributed by atoms with Crippen LogP contribution in [0, 0.1) is 0 Å². The Morgan fingerprint density at radius 1 is 0.607 bits per heavy atom. The number of hydrogen-bond donors (Lipinski definition) is 1.